The number of hydrogen-bond acceptors (Lipinski definition) is 11. The second kappa shape index (κ2) is 9.82. The van der Waals surface area contributed by atoms with E-state index in [9.17, 15) is 24.0 Å². The Morgan fingerprint density at radius 2 is 1.39 bits per heavy atom. The van der Waals surface area contributed by atoms with Gasteiger partial charge in [-0.2, -0.15) is 0 Å². The monoisotopic (exact) mass is 468 g/mol. The van der Waals surface area contributed by atoms with Crippen LogP contribution in [0.4, 0.5) is 0 Å². The lowest BCUT2D eigenvalue weighted by molar-refractivity contribution is -0.301. The summed E-state index contributed by atoms with van der Waals surface area (Å²) in [5.41, 5.74) is 0. The van der Waals surface area contributed by atoms with Crippen LogP contribution in [-0.4, -0.2) is 66.1 Å². The lowest BCUT2D eigenvalue weighted by Crippen LogP contribution is -2.68. The van der Waals surface area contributed by atoms with E-state index in [0.29, 0.717) is 0 Å². The van der Waals surface area contributed by atoms with Crippen molar-refractivity contribution in [2.75, 3.05) is 7.11 Å². The first-order chi connectivity index (χ1) is 13.0. The zero-order valence-electron chi connectivity index (χ0n) is 15.9. The molecule has 1 aliphatic heterocycles. The Bertz CT molecular complexity index is 649. The quantitative estimate of drug-likeness (QED) is 0.302. The SMILES string of the molecule is CCC(=O)O[C@H]1O[C@](Br)(C(=O)OC)[C@@H](OC(C)=O)[C@H](OC(C)=O)[C@H]1OC(C)=O. The number of ether oxygens (including phenoxy) is 6. The molecule has 1 heterocycles. The highest BCUT2D eigenvalue weighted by atomic mass is 79.9. The van der Waals surface area contributed by atoms with E-state index in [1.54, 1.807) is 0 Å². The maximum Gasteiger partial charge on any atom is 0.353 e. The molecule has 0 saturated carbocycles. The highest BCUT2D eigenvalue weighted by molar-refractivity contribution is 9.10. The molecule has 0 radical (unpaired) electrons. The van der Waals surface area contributed by atoms with Crippen molar-refractivity contribution in [2.24, 2.45) is 0 Å². The van der Waals surface area contributed by atoms with E-state index in [4.69, 9.17) is 23.7 Å². The molecule has 1 aliphatic rings. The third kappa shape index (κ3) is 5.64. The molecule has 0 aliphatic carbocycles. The first-order valence-corrected chi connectivity index (χ1v) is 8.91. The van der Waals surface area contributed by atoms with E-state index >= 15 is 0 Å². The van der Waals surface area contributed by atoms with E-state index in [2.05, 4.69) is 20.7 Å². The van der Waals surface area contributed by atoms with Crippen molar-refractivity contribution < 1.29 is 52.4 Å². The zero-order chi connectivity index (χ0) is 21.6. The molecule has 1 fully saturated rings. The van der Waals surface area contributed by atoms with Crippen LogP contribution in [0.2, 0.25) is 0 Å². The van der Waals surface area contributed by atoms with Crippen LogP contribution in [0.5, 0.6) is 0 Å². The van der Waals surface area contributed by atoms with Crippen molar-refractivity contribution in [1.82, 2.24) is 0 Å². The van der Waals surface area contributed by atoms with Crippen LogP contribution >= 0.6 is 15.9 Å². The molecule has 0 N–H and O–H groups in total. The van der Waals surface area contributed by atoms with Crippen molar-refractivity contribution in [1.29, 1.82) is 0 Å². The summed E-state index contributed by atoms with van der Waals surface area (Å²) in [5, 5.41) is 0. The summed E-state index contributed by atoms with van der Waals surface area (Å²) in [7, 11) is 1.03. The molecule has 12 heteroatoms. The average molecular weight is 469 g/mol. The normalized spacial score (nSPS) is 29.2. The summed E-state index contributed by atoms with van der Waals surface area (Å²) in [4.78, 5) is 58.9. The molecule has 158 valence electrons. The van der Waals surface area contributed by atoms with Gasteiger partial charge in [-0.15, -0.1) is 0 Å². The van der Waals surface area contributed by atoms with Gasteiger partial charge in [0.15, 0.2) is 12.2 Å². The van der Waals surface area contributed by atoms with E-state index in [-0.39, 0.29) is 6.42 Å². The van der Waals surface area contributed by atoms with E-state index in [1.165, 1.54) is 6.92 Å². The first-order valence-electron chi connectivity index (χ1n) is 8.12. The standard InChI is InChI=1S/C16H21BrO11/c1-6-10(21)27-14-12(25-8(3)19)11(24-7(2)18)13(26-9(4)20)16(17,28-14)15(22)23-5/h11-14H,6H2,1-5H3/t11-,12-,13+,14+,16+/m1/s1. The molecule has 5 atom stereocenters. The number of esters is 5. The predicted molar refractivity (Wildman–Crippen MR) is 91.6 cm³/mol. The fourth-order valence-corrected chi connectivity index (χ4v) is 3.11. The Morgan fingerprint density at radius 1 is 0.893 bits per heavy atom. The Balaban J connectivity index is 3.53. The van der Waals surface area contributed by atoms with Gasteiger partial charge in [0.25, 0.3) is 4.51 Å². The number of rotatable bonds is 6. The van der Waals surface area contributed by atoms with E-state index < -0.39 is 59.0 Å². The zero-order valence-corrected chi connectivity index (χ0v) is 17.5. The van der Waals surface area contributed by atoms with Gasteiger partial charge in [0.05, 0.1) is 7.11 Å². The van der Waals surface area contributed by atoms with Crippen LogP contribution in [0.3, 0.4) is 0 Å². The Labute approximate surface area is 169 Å². The van der Waals surface area contributed by atoms with Crippen LogP contribution in [0.25, 0.3) is 0 Å². The summed E-state index contributed by atoms with van der Waals surface area (Å²) in [5.74, 6) is -4.36. The van der Waals surface area contributed by atoms with Crippen molar-refractivity contribution >= 4 is 45.8 Å². The number of hydrogen-bond donors (Lipinski definition) is 0. The van der Waals surface area contributed by atoms with Gasteiger partial charge in [-0.05, 0) is 15.9 Å². The predicted octanol–water partition coefficient (Wildman–Crippen LogP) is 0.355. The van der Waals surface area contributed by atoms with Crippen molar-refractivity contribution in [3.8, 4) is 0 Å². The van der Waals surface area contributed by atoms with E-state index in [0.717, 1.165) is 27.9 Å². The Morgan fingerprint density at radius 3 is 1.82 bits per heavy atom. The molecule has 11 nitrogen and oxygen atoms in total. The third-order valence-electron chi connectivity index (χ3n) is 3.44. The molecule has 0 aromatic carbocycles. The molecule has 0 aromatic heterocycles. The maximum absolute atomic E-state index is 12.4. The second-order valence-electron chi connectivity index (χ2n) is 5.64. The number of carbonyl (C=O) groups excluding carboxylic acids is 5. The molecule has 28 heavy (non-hydrogen) atoms. The molecular formula is C16H21BrO11. The molecule has 0 amide bonds. The molecule has 0 unspecified atom stereocenters. The number of halogens is 1. The number of carbonyl (C=O) groups is 5. The molecule has 0 aromatic rings. The summed E-state index contributed by atoms with van der Waals surface area (Å²) in [6.45, 7) is 4.64. The van der Waals surface area contributed by atoms with Gasteiger partial charge in [0, 0.05) is 27.2 Å². The maximum atomic E-state index is 12.4. The fourth-order valence-electron chi connectivity index (χ4n) is 2.41. The lowest BCUT2D eigenvalue weighted by atomic mass is 9.97. The first kappa shape index (κ1) is 23.8. The molecule has 0 spiro atoms. The summed E-state index contributed by atoms with van der Waals surface area (Å²) >= 11 is 3.00. The van der Waals surface area contributed by atoms with Gasteiger partial charge in [-0.3, -0.25) is 19.2 Å². The van der Waals surface area contributed by atoms with Crippen LogP contribution in [0.15, 0.2) is 0 Å². The van der Waals surface area contributed by atoms with Crippen molar-refractivity contribution in [3.05, 3.63) is 0 Å². The molecule has 0 bridgehead atoms. The van der Waals surface area contributed by atoms with Gasteiger partial charge < -0.3 is 28.4 Å². The highest BCUT2D eigenvalue weighted by Crippen LogP contribution is 2.41. The van der Waals surface area contributed by atoms with E-state index in [1.807, 2.05) is 0 Å². The minimum absolute atomic E-state index is 0.0637. The summed E-state index contributed by atoms with van der Waals surface area (Å²) < 4.78 is 28.4. The van der Waals surface area contributed by atoms with Crippen LogP contribution in [-0.2, 0) is 52.4 Å². The third-order valence-corrected chi connectivity index (χ3v) is 4.40. The lowest BCUT2D eigenvalue weighted by Gasteiger charge is -2.46. The highest BCUT2D eigenvalue weighted by Gasteiger charge is 2.64. The van der Waals surface area contributed by atoms with Crippen molar-refractivity contribution in [3.63, 3.8) is 0 Å². The summed E-state index contributed by atoms with van der Waals surface area (Å²) in [6.07, 6.45) is -6.47. The minimum atomic E-state index is -2.22. The molecule has 1 rings (SSSR count). The van der Waals surface area contributed by atoms with Crippen LogP contribution in [0, 0.1) is 0 Å². The number of methoxy groups -OCH3 is 1. The van der Waals surface area contributed by atoms with Gasteiger partial charge in [-0.25, -0.2) is 4.79 Å². The smallest absolute Gasteiger partial charge is 0.353 e. The van der Waals surface area contributed by atoms with Gasteiger partial charge >= 0.3 is 29.8 Å². The van der Waals surface area contributed by atoms with Crippen LogP contribution in [0.1, 0.15) is 34.1 Å². The fraction of sp³-hybridized carbons (Fsp3) is 0.688. The molecule has 1 saturated heterocycles. The Hall–Kier alpha value is -2.21. The average Bonchev–Trinajstić information content (AvgIpc) is 2.59. The second-order valence-corrected chi connectivity index (χ2v) is 6.82. The van der Waals surface area contributed by atoms with Gasteiger partial charge in [0.2, 0.25) is 12.4 Å². The summed E-state index contributed by atoms with van der Waals surface area (Å²) in [6, 6.07) is 0. The largest absolute Gasteiger partial charge is 0.466 e. The Kier molecular flexibility index (Phi) is 8.36. The van der Waals surface area contributed by atoms with Gasteiger partial charge in [0.1, 0.15) is 0 Å². The topological polar surface area (TPSA) is 141 Å². The molecular weight excluding hydrogens is 448 g/mol. The minimum Gasteiger partial charge on any atom is -0.466 e. The van der Waals surface area contributed by atoms with Gasteiger partial charge in [-0.1, -0.05) is 6.92 Å². The van der Waals surface area contributed by atoms with Crippen LogP contribution < -0.4 is 0 Å². The van der Waals surface area contributed by atoms with Crippen molar-refractivity contribution in [2.45, 2.75) is 63.2 Å². The number of alkyl halides is 1.